The fourth-order valence-corrected chi connectivity index (χ4v) is 6.01. The minimum atomic E-state index is -4.18. The Morgan fingerprint density at radius 1 is 1.24 bits per heavy atom. The van der Waals surface area contributed by atoms with Crippen LogP contribution in [0, 0.1) is 0 Å². The Morgan fingerprint density at radius 2 is 1.94 bits per heavy atom. The number of hydrogen-bond donors (Lipinski definition) is 2. The highest BCUT2D eigenvalue weighted by molar-refractivity contribution is 9.10. The lowest BCUT2D eigenvalue weighted by atomic mass is 10.1. The lowest BCUT2D eigenvalue weighted by molar-refractivity contribution is -0.122. The molecule has 4 rings (SSSR count). The molecule has 2 N–H and O–H groups in total. The molecule has 0 aliphatic carbocycles. The van der Waals surface area contributed by atoms with E-state index in [1.54, 1.807) is 36.4 Å². The van der Waals surface area contributed by atoms with Crippen molar-refractivity contribution in [1.82, 2.24) is 14.7 Å². The lowest BCUT2D eigenvalue weighted by Gasteiger charge is -2.32. The van der Waals surface area contributed by atoms with Crippen LogP contribution in [0.15, 0.2) is 76.3 Å². The molecule has 0 saturated carbocycles. The number of sulfonamides is 1. The number of thiocarbonyl (C=S) groups is 1. The van der Waals surface area contributed by atoms with Crippen molar-refractivity contribution in [2.45, 2.75) is 4.90 Å². The van der Waals surface area contributed by atoms with Gasteiger partial charge in [0.1, 0.15) is 6.54 Å². The van der Waals surface area contributed by atoms with E-state index < -0.39 is 27.4 Å². The summed E-state index contributed by atoms with van der Waals surface area (Å²) < 4.78 is 27.7. The smallest absolute Gasteiger partial charge is 0.291 e. The van der Waals surface area contributed by atoms with Gasteiger partial charge in [-0.25, -0.2) is 8.42 Å². The number of fused-ring (bicyclic) bond motifs is 1. The highest BCUT2D eigenvalue weighted by Gasteiger charge is 2.42. The highest BCUT2D eigenvalue weighted by Crippen LogP contribution is 2.37. The third-order valence-electron chi connectivity index (χ3n) is 4.97. The third kappa shape index (κ3) is 3.90. The van der Waals surface area contributed by atoms with Crippen molar-refractivity contribution < 1.29 is 23.1 Å². The topological polar surface area (TPSA) is 110 Å². The van der Waals surface area contributed by atoms with Crippen LogP contribution in [0.1, 0.15) is 5.56 Å². The van der Waals surface area contributed by atoms with E-state index >= 15 is 0 Å². The molecule has 0 aromatic heterocycles. The number of carbonyl (C=O) groups excluding carboxylic acids is 2. The van der Waals surface area contributed by atoms with E-state index in [1.807, 2.05) is 0 Å². The second-order valence-electron chi connectivity index (χ2n) is 7.04. The second-order valence-corrected chi connectivity index (χ2v) is 10.1. The number of nitrogens with zero attached hydrogens (tertiary/aromatic N) is 3. The summed E-state index contributed by atoms with van der Waals surface area (Å²) in [4.78, 5) is 26.8. The molecule has 1 saturated heterocycles. The van der Waals surface area contributed by atoms with E-state index in [1.165, 1.54) is 23.1 Å². The van der Waals surface area contributed by atoms with Gasteiger partial charge in [0, 0.05) is 10.0 Å². The monoisotopic (exact) mass is 548 g/mol. The van der Waals surface area contributed by atoms with Crippen molar-refractivity contribution in [3.63, 3.8) is 0 Å². The molecule has 2 amide bonds. The van der Waals surface area contributed by atoms with Gasteiger partial charge in [0.15, 0.2) is 11.5 Å². The van der Waals surface area contributed by atoms with Crippen molar-refractivity contribution in [2.75, 3.05) is 18.0 Å². The van der Waals surface area contributed by atoms with Crippen LogP contribution in [-0.2, 0) is 19.6 Å². The SMILES string of the molecule is C=CCN1C(C(=O)NN2CC(=O)N(c3ccccc3)C2=S)=C(O)c2ccc(Br)cc2S1(=O)=O. The normalized spacial score (nSPS) is 17.3. The zero-order valence-corrected chi connectivity index (χ0v) is 20.2. The number of amides is 2. The van der Waals surface area contributed by atoms with Crippen LogP contribution in [0.4, 0.5) is 5.69 Å². The molecule has 0 unspecified atom stereocenters. The van der Waals surface area contributed by atoms with Crippen LogP contribution in [0.2, 0.25) is 0 Å². The predicted octanol–water partition coefficient (Wildman–Crippen LogP) is 2.53. The highest BCUT2D eigenvalue weighted by atomic mass is 79.9. The average molecular weight is 549 g/mol. The van der Waals surface area contributed by atoms with Gasteiger partial charge in [0.05, 0.1) is 17.1 Å². The van der Waals surface area contributed by atoms with E-state index in [4.69, 9.17) is 12.2 Å². The Morgan fingerprint density at radius 3 is 2.61 bits per heavy atom. The van der Waals surface area contributed by atoms with Gasteiger partial charge >= 0.3 is 0 Å². The maximum absolute atomic E-state index is 13.2. The summed E-state index contributed by atoms with van der Waals surface area (Å²) >= 11 is 8.58. The van der Waals surface area contributed by atoms with Crippen LogP contribution in [0.5, 0.6) is 0 Å². The van der Waals surface area contributed by atoms with E-state index in [2.05, 4.69) is 27.9 Å². The number of rotatable bonds is 5. The van der Waals surface area contributed by atoms with Crippen molar-refractivity contribution >= 4 is 66.5 Å². The quantitative estimate of drug-likeness (QED) is 0.436. The van der Waals surface area contributed by atoms with Gasteiger partial charge in [-0.2, -0.15) is 0 Å². The molecule has 0 spiro atoms. The largest absolute Gasteiger partial charge is 0.505 e. The molecule has 0 bridgehead atoms. The van der Waals surface area contributed by atoms with E-state index in [-0.39, 0.29) is 34.6 Å². The van der Waals surface area contributed by atoms with Gasteiger partial charge in [-0.3, -0.25) is 29.2 Å². The van der Waals surface area contributed by atoms with Gasteiger partial charge in [-0.15, -0.1) is 6.58 Å². The molecule has 2 aliphatic heterocycles. The van der Waals surface area contributed by atoms with Crippen LogP contribution < -0.4 is 10.3 Å². The number of benzene rings is 2. The molecule has 2 aromatic rings. The number of hydrazine groups is 1. The summed E-state index contributed by atoms with van der Waals surface area (Å²) in [5.74, 6) is -1.85. The molecule has 0 atom stereocenters. The van der Waals surface area contributed by atoms with E-state index in [0.29, 0.717) is 10.2 Å². The summed E-state index contributed by atoms with van der Waals surface area (Å²) in [6.45, 7) is 3.03. The van der Waals surface area contributed by atoms with Crippen LogP contribution in [-0.4, -0.2) is 52.9 Å². The Hall–Kier alpha value is -3.22. The van der Waals surface area contributed by atoms with Crippen molar-refractivity contribution in [3.05, 3.63) is 76.9 Å². The zero-order chi connectivity index (χ0) is 23.9. The Kier molecular flexibility index (Phi) is 5.99. The van der Waals surface area contributed by atoms with Gasteiger partial charge < -0.3 is 5.11 Å². The van der Waals surface area contributed by atoms with Gasteiger partial charge in [0.25, 0.3) is 21.8 Å². The summed E-state index contributed by atoms with van der Waals surface area (Å²) in [5, 5.41) is 12.0. The lowest BCUT2D eigenvalue weighted by Crippen LogP contribution is -2.49. The van der Waals surface area contributed by atoms with Crippen molar-refractivity contribution in [1.29, 1.82) is 0 Å². The van der Waals surface area contributed by atoms with Crippen molar-refractivity contribution in [3.8, 4) is 0 Å². The fourth-order valence-electron chi connectivity index (χ4n) is 3.51. The first-order chi connectivity index (χ1) is 15.7. The molecule has 33 heavy (non-hydrogen) atoms. The molecule has 9 nitrogen and oxygen atoms in total. The summed E-state index contributed by atoms with van der Waals surface area (Å²) in [5.41, 5.74) is 2.46. The molecule has 2 aromatic carbocycles. The number of aliphatic hydroxyl groups excluding tert-OH is 1. The molecule has 1 fully saturated rings. The molecule has 2 heterocycles. The second kappa shape index (κ2) is 8.61. The first-order valence-corrected chi connectivity index (χ1v) is 12.2. The summed E-state index contributed by atoms with van der Waals surface area (Å²) in [6, 6.07) is 12.9. The maximum atomic E-state index is 13.2. The standard InChI is InChI=1S/C21H17BrN4O5S2/c1-2-10-25-18(19(28)15-9-8-13(22)11-16(15)33(25,30)31)20(29)23-24-12-17(27)26(21(24)32)14-6-4-3-5-7-14/h2-9,11,28H,1,10,12H2,(H,23,29). The Labute approximate surface area is 203 Å². The van der Waals surface area contributed by atoms with Crippen LogP contribution in [0.3, 0.4) is 0 Å². The number of aliphatic hydroxyl groups is 1. The summed E-state index contributed by atoms with van der Waals surface area (Å²) in [7, 11) is -4.18. The first-order valence-electron chi connectivity index (χ1n) is 9.54. The first kappa shape index (κ1) is 23.0. The maximum Gasteiger partial charge on any atom is 0.291 e. The number of para-hydroxylation sites is 1. The molecular formula is C21H17BrN4O5S2. The van der Waals surface area contributed by atoms with E-state index in [0.717, 1.165) is 9.31 Å². The number of nitrogens with one attached hydrogen (secondary N) is 1. The molecular weight excluding hydrogens is 532 g/mol. The van der Waals surface area contributed by atoms with Gasteiger partial charge in [0.2, 0.25) is 5.11 Å². The molecule has 12 heteroatoms. The summed E-state index contributed by atoms with van der Waals surface area (Å²) in [6.07, 6.45) is 1.29. The zero-order valence-electron chi connectivity index (χ0n) is 16.9. The van der Waals surface area contributed by atoms with Crippen molar-refractivity contribution in [2.24, 2.45) is 0 Å². The number of hydrogen-bond acceptors (Lipinski definition) is 6. The minimum Gasteiger partial charge on any atom is -0.505 e. The number of carbonyl (C=O) groups is 2. The number of halogens is 1. The van der Waals surface area contributed by atoms with Gasteiger partial charge in [-0.05, 0) is 42.5 Å². The van der Waals surface area contributed by atoms with Crippen LogP contribution in [0.25, 0.3) is 5.76 Å². The average Bonchev–Trinajstić information content (AvgIpc) is 3.05. The van der Waals surface area contributed by atoms with E-state index in [9.17, 15) is 23.1 Å². The number of anilines is 1. The molecule has 170 valence electrons. The molecule has 0 radical (unpaired) electrons. The molecule has 2 aliphatic rings. The third-order valence-corrected chi connectivity index (χ3v) is 7.67. The Balaban J connectivity index is 1.70. The fraction of sp³-hybridized carbons (Fsp3) is 0.0952. The van der Waals surface area contributed by atoms with Gasteiger partial charge in [-0.1, -0.05) is 40.2 Å². The minimum absolute atomic E-state index is 0.0120. The predicted molar refractivity (Wildman–Crippen MR) is 129 cm³/mol. The Bertz CT molecular complexity index is 1330. The van der Waals surface area contributed by atoms with Crippen LogP contribution >= 0.6 is 28.1 Å².